The third kappa shape index (κ3) is 2.05. The summed E-state index contributed by atoms with van der Waals surface area (Å²) in [4.78, 5) is 10.8. The highest BCUT2D eigenvalue weighted by Gasteiger charge is 2.09. The molecule has 0 aromatic heterocycles. The van der Waals surface area contributed by atoms with Crippen LogP contribution in [0.2, 0.25) is 0 Å². The van der Waals surface area contributed by atoms with Crippen molar-refractivity contribution in [3.05, 3.63) is 41.8 Å². The van der Waals surface area contributed by atoms with Crippen molar-refractivity contribution in [1.29, 1.82) is 0 Å². The Kier molecular flexibility index (Phi) is 2.71. The Morgan fingerprint density at radius 3 is 2.68 bits per heavy atom. The van der Waals surface area contributed by atoms with Gasteiger partial charge in [-0.05, 0) is 24.3 Å². The Bertz CT molecular complexity index is 774. The van der Waals surface area contributed by atoms with Crippen LogP contribution in [0.1, 0.15) is 0 Å². The van der Waals surface area contributed by atoms with Crippen molar-refractivity contribution in [2.45, 2.75) is 0 Å². The van der Waals surface area contributed by atoms with Gasteiger partial charge in [0.1, 0.15) is 11.2 Å². The van der Waals surface area contributed by atoms with Crippen LogP contribution < -0.4 is 10.3 Å². The van der Waals surface area contributed by atoms with Gasteiger partial charge in [0.15, 0.2) is 11.3 Å². The second-order valence-corrected chi connectivity index (χ2v) is 4.64. The Morgan fingerprint density at radius 2 is 1.95 bits per heavy atom. The maximum absolute atomic E-state index is 5.93. The molecule has 0 N–H and O–H groups in total. The fourth-order valence-electron chi connectivity index (χ4n) is 2.02. The summed E-state index contributed by atoms with van der Waals surface area (Å²) in [5.74, 6) is 0.756. The molecule has 19 heavy (non-hydrogen) atoms. The van der Waals surface area contributed by atoms with Crippen LogP contribution in [0.25, 0.3) is 22.6 Å². The Balaban J connectivity index is 2.31. The first-order valence-electron chi connectivity index (χ1n) is 6.12. The van der Waals surface area contributed by atoms with Gasteiger partial charge >= 0.3 is 0 Å². The quantitative estimate of drug-likeness (QED) is 0.626. The lowest BCUT2D eigenvalue weighted by Crippen LogP contribution is -2.08. The third-order valence-electron chi connectivity index (χ3n) is 3.12. The summed E-state index contributed by atoms with van der Waals surface area (Å²) in [7, 11) is 5.77. The molecule has 3 rings (SSSR count). The number of rotatable bonds is 1. The number of anilines is 1. The van der Waals surface area contributed by atoms with Gasteiger partial charge in [0.2, 0.25) is 0 Å². The number of fused-ring (bicyclic) bond motifs is 2. The molecule has 2 aliphatic rings. The van der Waals surface area contributed by atoms with Crippen molar-refractivity contribution >= 4 is 16.8 Å². The minimum atomic E-state index is 0.756. The molecule has 1 aliphatic heterocycles. The normalized spacial score (nSPS) is 12.3. The predicted molar refractivity (Wildman–Crippen MR) is 76.4 cm³/mol. The van der Waals surface area contributed by atoms with Gasteiger partial charge in [-0.1, -0.05) is 0 Å². The van der Waals surface area contributed by atoms with E-state index in [9.17, 15) is 0 Å². The molecular weight excluding hydrogens is 238 g/mol. The van der Waals surface area contributed by atoms with Crippen LogP contribution >= 0.6 is 0 Å². The molecular formula is C15H15N3O. The zero-order valence-corrected chi connectivity index (χ0v) is 11.2. The molecule has 0 unspecified atom stereocenters. The van der Waals surface area contributed by atoms with E-state index in [-0.39, 0.29) is 0 Å². The molecule has 0 amide bonds. The van der Waals surface area contributed by atoms with Crippen molar-refractivity contribution in [2.24, 2.45) is 4.99 Å². The van der Waals surface area contributed by atoms with Crippen LogP contribution in [0, 0.1) is 0 Å². The van der Waals surface area contributed by atoms with E-state index in [1.165, 1.54) is 0 Å². The van der Waals surface area contributed by atoms with E-state index in [0.717, 1.165) is 33.6 Å². The maximum atomic E-state index is 5.93. The average molecular weight is 253 g/mol. The molecule has 96 valence electrons. The fraction of sp³-hybridized carbons (Fsp3) is 0.200. The summed E-state index contributed by atoms with van der Waals surface area (Å²) < 4.78 is 5.93. The summed E-state index contributed by atoms with van der Waals surface area (Å²) in [6.45, 7) is 0. The molecule has 1 aliphatic carbocycles. The minimum absolute atomic E-state index is 0.756. The van der Waals surface area contributed by atoms with E-state index in [1.807, 2.05) is 55.4 Å². The molecule has 1 aromatic carbocycles. The standard InChI is InChI=1S/C15H15N3O/c1-16-10-4-6-12-14(8-10)19-15-9-11(18(2)3)5-7-13(15)17-12/h4-9H,1-3H3. The second-order valence-electron chi connectivity index (χ2n) is 4.64. The first-order valence-corrected chi connectivity index (χ1v) is 6.12. The first kappa shape index (κ1) is 11.7. The maximum Gasteiger partial charge on any atom is 0.155 e. The van der Waals surface area contributed by atoms with E-state index in [0.29, 0.717) is 0 Å². The van der Waals surface area contributed by atoms with Gasteiger partial charge < -0.3 is 9.32 Å². The van der Waals surface area contributed by atoms with Gasteiger partial charge in [0.25, 0.3) is 0 Å². The Morgan fingerprint density at radius 1 is 1.11 bits per heavy atom. The molecule has 0 atom stereocenters. The van der Waals surface area contributed by atoms with Crippen LogP contribution in [-0.4, -0.2) is 26.1 Å². The van der Waals surface area contributed by atoms with E-state index in [1.54, 1.807) is 7.05 Å². The SMILES string of the molecule is CN=c1ccc2nc3ccc(N(C)C)cc3oc-2c1. The predicted octanol–water partition coefficient (Wildman–Crippen LogP) is 2.53. The molecule has 0 spiro atoms. The minimum Gasteiger partial charge on any atom is -0.453 e. The van der Waals surface area contributed by atoms with Crippen LogP contribution in [0.3, 0.4) is 0 Å². The van der Waals surface area contributed by atoms with Gasteiger partial charge in [-0.15, -0.1) is 0 Å². The van der Waals surface area contributed by atoms with Crippen molar-refractivity contribution in [2.75, 3.05) is 26.0 Å². The topological polar surface area (TPSA) is 41.6 Å². The van der Waals surface area contributed by atoms with E-state index in [4.69, 9.17) is 4.42 Å². The van der Waals surface area contributed by atoms with Crippen LogP contribution in [0.5, 0.6) is 0 Å². The Labute approximate surface area is 111 Å². The molecule has 0 saturated carbocycles. The molecule has 4 heteroatoms. The lowest BCUT2D eigenvalue weighted by atomic mass is 10.2. The zero-order chi connectivity index (χ0) is 13.4. The summed E-state index contributed by atoms with van der Waals surface area (Å²) in [5, 5.41) is 0.890. The summed E-state index contributed by atoms with van der Waals surface area (Å²) >= 11 is 0. The number of hydrogen-bond donors (Lipinski definition) is 0. The average Bonchev–Trinajstić information content (AvgIpc) is 2.43. The van der Waals surface area contributed by atoms with E-state index < -0.39 is 0 Å². The number of benzene rings is 2. The molecule has 0 saturated heterocycles. The lowest BCUT2D eigenvalue weighted by Gasteiger charge is -2.13. The fourth-order valence-corrected chi connectivity index (χ4v) is 2.02. The summed E-state index contributed by atoms with van der Waals surface area (Å²) in [6, 6.07) is 11.8. The number of aromatic nitrogens is 1. The summed E-state index contributed by atoms with van der Waals surface area (Å²) in [6.07, 6.45) is 0. The molecule has 1 heterocycles. The van der Waals surface area contributed by atoms with E-state index >= 15 is 0 Å². The van der Waals surface area contributed by atoms with Gasteiger partial charge in [-0.25, -0.2) is 4.98 Å². The van der Waals surface area contributed by atoms with Gasteiger partial charge in [-0.3, -0.25) is 4.99 Å². The van der Waals surface area contributed by atoms with Gasteiger partial charge in [0, 0.05) is 39.0 Å². The monoisotopic (exact) mass is 253 g/mol. The molecule has 0 radical (unpaired) electrons. The van der Waals surface area contributed by atoms with Crippen molar-refractivity contribution < 1.29 is 4.42 Å². The third-order valence-corrected chi connectivity index (χ3v) is 3.12. The van der Waals surface area contributed by atoms with Gasteiger partial charge in [-0.2, -0.15) is 0 Å². The molecule has 4 nitrogen and oxygen atoms in total. The number of hydrogen-bond acceptors (Lipinski definition) is 4. The Hall–Kier alpha value is -2.36. The molecule has 0 bridgehead atoms. The van der Waals surface area contributed by atoms with Crippen molar-refractivity contribution in [1.82, 2.24) is 4.98 Å². The molecule has 1 aromatic rings. The van der Waals surface area contributed by atoms with E-state index in [2.05, 4.69) is 9.98 Å². The van der Waals surface area contributed by atoms with Crippen LogP contribution in [-0.2, 0) is 0 Å². The van der Waals surface area contributed by atoms with Crippen LogP contribution in [0.4, 0.5) is 5.69 Å². The summed E-state index contributed by atoms with van der Waals surface area (Å²) in [5.41, 5.74) is 3.58. The van der Waals surface area contributed by atoms with Crippen molar-refractivity contribution in [3.63, 3.8) is 0 Å². The second kappa shape index (κ2) is 4.39. The largest absolute Gasteiger partial charge is 0.453 e. The highest BCUT2D eigenvalue weighted by molar-refractivity contribution is 5.79. The highest BCUT2D eigenvalue weighted by atomic mass is 16.3. The number of nitrogens with zero attached hydrogens (tertiary/aromatic N) is 3. The first-order chi connectivity index (χ1) is 9.17. The zero-order valence-electron chi connectivity index (χ0n) is 11.2. The molecule has 0 fully saturated rings. The highest BCUT2D eigenvalue weighted by Crippen LogP contribution is 2.26. The smallest absolute Gasteiger partial charge is 0.155 e. The van der Waals surface area contributed by atoms with Crippen LogP contribution in [0.15, 0.2) is 45.8 Å². The van der Waals surface area contributed by atoms with Gasteiger partial charge in [0.05, 0.1) is 5.36 Å². The van der Waals surface area contributed by atoms with Crippen molar-refractivity contribution in [3.8, 4) is 11.5 Å². The lowest BCUT2D eigenvalue weighted by molar-refractivity contribution is 0.612.